The number of rotatable bonds is 8. The molecule has 6 aromatic rings. The number of piperidine rings is 2. The topological polar surface area (TPSA) is 174 Å². The second-order valence-electron chi connectivity index (χ2n) is 14.6. The first-order chi connectivity index (χ1) is 27.2. The first-order valence-electron chi connectivity index (χ1n) is 19.6. The number of benzene rings is 4. The van der Waals surface area contributed by atoms with E-state index in [-0.39, 0.29) is 29.5 Å². The third-order valence-electron chi connectivity index (χ3n) is 11.0. The molecule has 1 amide bonds. The lowest BCUT2D eigenvalue weighted by Gasteiger charge is -2.35. The molecule has 0 saturated carbocycles. The predicted molar refractivity (Wildman–Crippen MR) is 222 cm³/mol. The molecule has 0 atom stereocenters. The molecule has 0 unspecified atom stereocenters. The number of anilines is 2. The SMILES string of the molecule is CCC(O)(CC)C(=O)NC1CCN(c2nc(-c3ccccc3O)nc3ccccc23)CC1.NC1CCN(c2nc(-c3ccccc3O)nc3ccccc23)CC1. The van der Waals surface area contributed by atoms with Crippen molar-refractivity contribution >= 4 is 39.3 Å². The summed E-state index contributed by atoms with van der Waals surface area (Å²) in [5.41, 5.74) is 7.69. The third-order valence-corrected chi connectivity index (χ3v) is 11.0. The van der Waals surface area contributed by atoms with Crippen LogP contribution in [0.5, 0.6) is 11.5 Å². The van der Waals surface area contributed by atoms with Crippen molar-refractivity contribution in [1.29, 1.82) is 0 Å². The van der Waals surface area contributed by atoms with Crippen LogP contribution in [0.15, 0.2) is 97.1 Å². The Balaban J connectivity index is 0.000000178. The molecule has 2 fully saturated rings. The number of carbonyl (C=O) groups is 1. The minimum Gasteiger partial charge on any atom is -0.507 e. The van der Waals surface area contributed by atoms with Gasteiger partial charge in [-0.15, -0.1) is 0 Å². The number of phenolic OH excluding ortho intramolecular Hbond substituents is 2. The molecule has 4 aromatic carbocycles. The fourth-order valence-corrected chi connectivity index (χ4v) is 7.41. The van der Waals surface area contributed by atoms with Crippen molar-refractivity contribution in [3.05, 3.63) is 97.1 Å². The molecule has 0 radical (unpaired) electrons. The van der Waals surface area contributed by atoms with Gasteiger partial charge in [0.1, 0.15) is 28.7 Å². The molecule has 0 spiro atoms. The van der Waals surface area contributed by atoms with E-state index in [0.29, 0.717) is 35.6 Å². The number of aliphatic hydroxyl groups is 1. The highest BCUT2D eigenvalue weighted by molar-refractivity contribution is 5.92. The molecule has 0 aliphatic carbocycles. The maximum Gasteiger partial charge on any atom is 0.252 e. The first kappa shape index (κ1) is 38.4. The summed E-state index contributed by atoms with van der Waals surface area (Å²) in [7, 11) is 0. The lowest BCUT2D eigenvalue weighted by atomic mass is 9.95. The Kier molecular flexibility index (Phi) is 11.6. The number of aromatic hydroxyl groups is 2. The average Bonchev–Trinajstić information content (AvgIpc) is 3.23. The molecule has 0 bridgehead atoms. The van der Waals surface area contributed by atoms with Crippen LogP contribution in [0.4, 0.5) is 11.6 Å². The monoisotopic (exact) mass is 754 g/mol. The first-order valence-corrected chi connectivity index (χ1v) is 19.6. The van der Waals surface area contributed by atoms with Crippen molar-refractivity contribution < 1.29 is 20.1 Å². The summed E-state index contributed by atoms with van der Waals surface area (Å²) in [5.74, 6) is 2.85. The molecule has 2 aromatic heterocycles. The predicted octanol–water partition coefficient (Wildman–Crippen LogP) is 6.57. The van der Waals surface area contributed by atoms with Crippen LogP contribution in [0, 0.1) is 0 Å². The van der Waals surface area contributed by atoms with Gasteiger partial charge in [-0.2, -0.15) is 0 Å². The Morgan fingerprint density at radius 2 is 1.07 bits per heavy atom. The fourth-order valence-electron chi connectivity index (χ4n) is 7.41. The summed E-state index contributed by atoms with van der Waals surface area (Å²) < 4.78 is 0. The maximum atomic E-state index is 12.5. The number of para-hydroxylation sites is 4. The summed E-state index contributed by atoms with van der Waals surface area (Å²) in [5, 5.41) is 36.0. The number of nitrogens with zero attached hydrogens (tertiary/aromatic N) is 6. The molecular weight excluding hydrogens is 705 g/mol. The number of nitrogens with two attached hydrogens (primary N) is 1. The van der Waals surface area contributed by atoms with Crippen LogP contribution in [-0.4, -0.2) is 85.0 Å². The number of carbonyl (C=O) groups excluding carboxylic acids is 1. The van der Waals surface area contributed by atoms with Gasteiger partial charge in [-0.25, -0.2) is 19.9 Å². The van der Waals surface area contributed by atoms with Crippen LogP contribution in [0.2, 0.25) is 0 Å². The number of nitrogens with one attached hydrogen (secondary N) is 1. The van der Waals surface area contributed by atoms with Crippen molar-refractivity contribution in [3.8, 4) is 34.3 Å². The van der Waals surface area contributed by atoms with Crippen molar-refractivity contribution in [2.24, 2.45) is 5.73 Å². The quantitative estimate of drug-likeness (QED) is 0.114. The van der Waals surface area contributed by atoms with E-state index in [1.807, 2.05) is 86.6 Å². The summed E-state index contributed by atoms with van der Waals surface area (Å²) in [6.45, 7) is 6.89. The van der Waals surface area contributed by atoms with Crippen LogP contribution in [0.25, 0.3) is 44.6 Å². The highest BCUT2D eigenvalue weighted by atomic mass is 16.3. The number of hydrogen-bond donors (Lipinski definition) is 5. The third kappa shape index (κ3) is 8.22. The van der Waals surface area contributed by atoms with E-state index in [9.17, 15) is 20.1 Å². The molecule has 12 heteroatoms. The van der Waals surface area contributed by atoms with Crippen molar-refractivity contribution in [3.63, 3.8) is 0 Å². The molecule has 2 aliphatic rings. The summed E-state index contributed by atoms with van der Waals surface area (Å²) >= 11 is 0. The van der Waals surface area contributed by atoms with E-state index in [2.05, 4.69) is 25.1 Å². The van der Waals surface area contributed by atoms with Gasteiger partial charge in [0, 0.05) is 49.0 Å². The molecular formula is C44H50N8O4. The van der Waals surface area contributed by atoms with Gasteiger partial charge >= 0.3 is 0 Å². The Morgan fingerprint density at radius 3 is 1.52 bits per heavy atom. The van der Waals surface area contributed by atoms with Crippen molar-refractivity contribution in [2.75, 3.05) is 36.0 Å². The summed E-state index contributed by atoms with van der Waals surface area (Å²) in [6, 6.07) is 30.4. The Hall–Kier alpha value is -5.85. The van der Waals surface area contributed by atoms with Crippen LogP contribution in [0.1, 0.15) is 52.4 Å². The Bertz CT molecular complexity index is 2300. The van der Waals surface area contributed by atoms with E-state index in [0.717, 1.165) is 85.3 Å². The van der Waals surface area contributed by atoms with Crippen molar-refractivity contribution in [1.82, 2.24) is 25.3 Å². The lowest BCUT2D eigenvalue weighted by Crippen LogP contribution is -2.52. The highest BCUT2D eigenvalue weighted by Gasteiger charge is 2.34. The number of hydrogen-bond acceptors (Lipinski definition) is 11. The van der Waals surface area contributed by atoms with E-state index in [1.54, 1.807) is 24.3 Å². The standard InChI is InChI=1S/C25H30N4O3.C19H20N4O/c1-3-25(32,4-2)24(31)26-17-13-15-29(16-14-17)23-18-9-5-7-11-20(18)27-22(28-23)19-10-6-8-12-21(19)30;20-13-9-11-23(12-10-13)19-14-5-1-3-7-16(14)21-18(22-19)15-6-2-4-8-17(15)24/h5-12,17,30,32H,3-4,13-16H2,1-2H3,(H,26,31);1-8,13,24H,9-12,20H2. The Labute approximate surface area is 327 Å². The molecule has 8 rings (SSSR count). The molecule has 56 heavy (non-hydrogen) atoms. The van der Waals surface area contributed by atoms with Gasteiger partial charge in [0.15, 0.2) is 11.6 Å². The molecule has 6 N–H and O–H groups in total. The van der Waals surface area contributed by atoms with Crippen LogP contribution in [-0.2, 0) is 4.79 Å². The lowest BCUT2D eigenvalue weighted by molar-refractivity contribution is -0.141. The number of fused-ring (bicyclic) bond motifs is 2. The van der Waals surface area contributed by atoms with Gasteiger partial charge in [-0.3, -0.25) is 4.79 Å². The van der Waals surface area contributed by atoms with Crippen LogP contribution >= 0.6 is 0 Å². The van der Waals surface area contributed by atoms with Crippen LogP contribution < -0.4 is 20.9 Å². The average molecular weight is 755 g/mol. The smallest absolute Gasteiger partial charge is 0.252 e. The van der Waals surface area contributed by atoms with Gasteiger partial charge in [0.25, 0.3) is 5.91 Å². The number of phenols is 2. The van der Waals surface area contributed by atoms with Crippen LogP contribution in [0.3, 0.4) is 0 Å². The summed E-state index contributed by atoms with van der Waals surface area (Å²) in [4.78, 5) is 36.0. The molecule has 2 saturated heterocycles. The molecule has 2 aliphatic heterocycles. The Morgan fingerprint density at radius 1 is 0.661 bits per heavy atom. The molecule has 4 heterocycles. The summed E-state index contributed by atoms with van der Waals surface area (Å²) in [6.07, 6.45) is 4.25. The molecule has 290 valence electrons. The minimum absolute atomic E-state index is 0.0223. The zero-order valence-electron chi connectivity index (χ0n) is 32.0. The van der Waals surface area contributed by atoms with E-state index < -0.39 is 5.60 Å². The van der Waals surface area contributed by atoms with E-state index in [1.165, 1.54) is 0 Å². The zero-order valence-corrected chi connectivity index (χ0v) is 32.0. The van der Waals surface area contributed by atoms with Gasteiger partial charge in [-0.1, -0.05) is 62.4 Å². The largest absolute Gasteiger partial charge is 0.507 e. The zero-order chi connectivity index (χ0) is 39.2. The van der Waals surface area contributed by atoms with Gasteiger partial charge in [-0.05, 0) is 87.1 Å². The second kappa shape index (κ2) is 16.9. The number of amides is 1. The van der Waals surface area contributed by atoms with Crippen molar-refractivity contribution in [2.45, 2.75) is 70.1 Å². The normalized spacial score (nSPS) is 15.4. The minimum atomic E-state index is -1.30. The van der Waals surface area contributed by atoms with E-state index >= 15 is 0 Å². The maximum absolute atomic E-state index is 12.5. The fraction of sp³-hybridized carbons (Fsp3) is 0.341. The second-order valence-corrected chi connectivity index (χ2v) is 14.6. The molecule has 12 nitrogen and oxygen atoms in total. The highest BCUT2D eigenvalue weighted by Crippen LogP contribution is 2.34. The van der Waals surface area contributed by atoms with Gasteiger partial charge in [0.05, 0.1) is 22.2 Å². The van der Waals surface area contributed by atoms with Gasteiger partial charge in [0.2, 0.25) is 0 Å². The van der Waals surface area contributed by atoms with Gasteiger partial charge < -0.3 is 36.2 Å². The van der Waals surface area contributed by atoms with E-state index in [4.69, 9.17) is 15.7 Å². The number of aromatic nitrogens is 4.